The predicted molar refractivity (Wildman–Crippen MR) is 57.6 cm³/mol. The third kappa shape index (κ3) is 3.08. The lowest BCUT2D eigenvalue weighted by atomic mass is 10.1. The van der Waals surface area contributed by atoms with Crippen LogP contribution in [0.1, 0.15) is 23.5 Å². The van der Waals surface area contributed by atoms with E-state index in [1.54, 1.807) is 0 Å². The van der Waals surface area contributed by atoms with Crippen molar-refractivity contribution in [2.75, 3.05) is 12.0 Å². The third-order valence-electron chi connectivity index (χ3n) is 2.64. The third-order valence-corrected chi connectivity index (χ3v) is 2.64. The number of aryl methyl sites for hydroxylation is 1. The van der Waals surface area contributed by atoms with Gasteiger partial charge in [0.15, 0.2) is 0 Å². The van der Waals surface area contributed by atoms with E-state index in [0.29, 0.717) is 31.1 Å². The van der Waals surface area contributed by atoms with E-state index < -0.39 is 12.6 Å². The second-order valence-corrected chi connectivity index (χ2v) is 3.98. The molecule has 0 amide bonds. The fourth-order valence-corrected chi connectivity index (χ4v) is 1.77. The number of hydrogen-bond acceptors (Lipinski definition) is 5. The highest BCUT2D eigenvalue weighted by atomic mass is 19.4. The molecule has 18 heavy (non-hydrogen) atoms. The molecule has 0 aromatic carbocycles. The molecule has 0 spiro atoms. The van der Waals surface area contributed by atoms with Gasteiger partial charge in [0.2, 0.25) is 0 Å². The first-order chi connectivity index (χ1) is 8.49. The SMILES string of the molecule is NNc1nc(CCC(F)(F)F)nc2c1COCC2. The quantitative estimate of drug-likeness (QED) is 0.635. The maximum atomic E-state index is 12.1. The maximum Gasteiger partial charge on any atom is 0.389 e. The zero-order valence-electron chi connectivity index (χ0n) is 9.55. The zero-order chi connectivity index (χ0) is 13.2. The molecule has 0 saturated heterocycles. The molecule has 100 valence electrons. The van der Waals surface area contributed by atoms with E-state index >= 15 is 0 Å². The van der Waals surface area contributed by atoms with Crippen LogP contribution in [-0.4, -0.2) is 22.8 Å². The van der Waals surface area contributed by atoms with Crippen molar-refractivity contribution >= 4 is 5.82 Å². The molecule has 1 aliphatic rings. The molecule has 0 bridgehead atoms. The highest BCUT2D eigenvalue weighted by Crippen LogP contribution is 2.24. The Labute approximate surface area is 102 Å². The first kappa shape index (κ1) is 13.0. The largest absolute Gasteiger partial charge is 0.389 e. The Hall–Kier alpha value is -1.41. The van der Waals surface area contributed by atoms with Crippen molar-refractivity contribution in [2.45, 2.75) is 32.0 Å². The Balaban J connectivity index is 2.21. The number of fused-ring (bicyclic) bond motifs is 1. The van der Waals surface area contributed by atoms with Gasteiger partial charge in [0.25, 0.3) is 0 Å². The number of nitrogens with two attached hydrogens (primary N) is 1. The Kier molecular flexibility index (Phi) is 3.67. The Morgan fingerprint density at radius 3 is 2.78 bits per heavy atom. The van der Waals surface area contributed by atoms with Crippen LogP contribution in [0.4, 0.5) is 19.0 Å². The topological polar surface area (TPSA) is 73.1 Å². The number of ether oxygens (including phenoxy) is 1. The number of anilines is 1. The summed E-state index contributed by atoms with van der Waals surface area (Å²) in [7, 11) is 0. The summed E-state index contributed by atoms with van der Waals surface area (Å²) in [5.74, 6) is 5.80. The van der Waals surface area contributed by atoms with Gasteiger partial charge in [-0.05, 0) is 0 Å². The van der Waals surface area contributed by atoms with E-state index in [-0.39, 0.29) is 12.2 Å². The number of nitrogens with one attached hydrogen (secondary N) is 1. The molecular formula is C10H13F3N4O. The lowest BCUT2D eigenvalue weighted by molar-refractivity contribution is -0.134. The second kappa shape index (κ2) is 5.07. The van der Waals surface area contributed by atoms with Crippen LogP contribution >= 0.6 is 0 Å². The van der Waals surface area contributed by atoms with E-state index in [0.717, 1.165) is 5.56 Å². The van der Waals surface area contributed by atoms with Crippen LogP contribution in [0, 0.1) is 0 Å². The van der Waals surface area contributed by atoms with Crippen LogP contribution in [0.2, 0.25) is 0 Å². The summed E-state index contributed by atoms with van der Waals surface area (Å²) >= 11 is 0. The summed E-state index contributed by atoms with van der Waals surface area (Å²) < 4.78 is 41.7. The summed E-state index contributed by atoms with van der Waals surface area (Å²) in [6, 6.07) is 0. The normalized spacial score (nSPS) is 15.3. The van der Waals surface area contributed by atoms with Gasteiger partial charge in [0, 0.05) is 18.4 Å². The number of halogens is 3. The van der Waals surface area contributed by atoms with Gasteiger partial charge in [-0.3, -0.25) is 0 Å². The zero-order valence-corrected chi connectivity index (χ0v) is 9.55. The minimum Gasteiger partial charge on any atom is -0.376 e. The van der Waals surface area contributed by atoms with E-state index in [1.165, 1.54) is 0 Å². The summed E-state index contributed by atoms with van der Waals surface area (Å²) in [6.07, 6.45) is -4.83. The number of nitrogens with zero attached hydrogens (tertiary/aromatic N) is 2. The molecule has 0 saturated carbocycles. The van der Waals surface area contributed by atoms with Crippen molar-refractivity contribution < 1.29 is 17.9 Å². The van der Waals surface area contributed by atoms with Crippen molar-refractivity contribution in [3.05, 3.63) is 17.1 Å². The van der Waals surface area contributed by atoms with Gasteiger partial charge < -0.3 is 10.2 Å². The van der Waals surface area contributed by atoms with Crippen molar-refractivity contribution in [1.82, 2.24) is 9.97 Å². The van der Waals surface area contributed by atoms with Gasteiger partial charge in [-0.2, -0.15) is 13.2 Å². The molecule has 1 aromatic rings. The molecule has 1 aliphatic heterocycles. The number of hydrogen-bond donors (Lipinski definition) is 2. The molecule has 0 fully saturated rings. The van der Waals surface area contributed by atoms with Crippen LogP contribution in [0.5, 0.6) is 0 Å². The van der Waals surface area contributed by atoms with E-state index in [4.69, 9.17) is 10.6 Å². The standard InChI is InChI=1S/C10H13F3N4O/c11-10(12,13)3-1-8-15-7-2-4-18-5-6(7)9(16-8)17-14/h1-5,14H2,(H,15,16,17). The lowest BCUT2D eigenvalue weighted by Crippen LogP contribution is -2.21. The predicted octanol–water partition coefficient (Wildman–Crippen LogP) is 1.33. The number of aromatic nitrogens is 2. The first-order valence-electron chi connectivity index (χ1n) is 5.49. The monoisotopic (exact) mass is 262 g/mol. The van der Waals surface area contributed by atoms with Gasteiger partial charge in [-0.25, -0.2) is 15.8 Å². The van der Waals surface area contributed by atoms with Crippen molar-refractivity contribution in [3.8, 4) is 0 Å². The minimum absolute atomic E-state index is 0.154. The molecule has 1 aromatic heterocycles. The van der Waals surface area contributed by atoms with Crippen molar-refractivity contribution in [1.29, 1.82) is 0 Å². The number of nitrogen functional groups attached to an aromatic ring is 1. The molecule has 2 heterocycles. The maximum absolute atomic E-state index is 12.1. The molecule has 2 rings (SSSR count). The van der Waals surface area contributed by atoms with Gasteiger partial charge in [0.05, 0.1) is 25.3 Å². The molecule has 0 aliphatic carbocycles. The molecule has 0 radical (unpaired) electrons. The number of alkyl halides is 3. The van der Waals surface area contributed by atoms with E-state index in [2.05, 4.69) is 15.4 Å². The van der Waals surface area contributed by atoms with E-state index in [1.807, 2.05) is 0 Å². The summed E-state index contributed by atoms with van der Waals surface area (Å²) in [5, 5.41) is 0. The van der Waals surface area contributed by atoms with E-state index in [9.17, 15) is 13.2 Å². The van der Waals surface area contributed by atoms with Crippen molar-refractivity contribution in [3.63, 3.8) is 0 Å². The van der Waals surface area contributed by atoms with Gasteiger partial charge in [-0.1, -0.05) is 0 Å². The van der Waals surface area contributed by atoms with Gasteiger partial charge in [-0.15, -0.1) is 0 Å². The van der Waals surface area contributed by atoms with Crippen LogP contribution in [0.25, 0.3) is 0 Å². The fraction of sp³-hybridized carbons (Fsp3) is 0.600. The van der Waals surface area contributed by atoms with Crippen LogP contribution in [0.3, 0.4) is 0 Å². The minimum atomic E-state index is -4.21. The summed E-state index contributed by atoms with van der Waals surface area (Å²) in [4.78, 5) is 8.12. The average Bonchev–Trinajstić information content (AvgIpc) is 2.34. The number of hydrazine groups is 1. The van der Waals surface area contributed by atoms with Crippen LogP contribution in [0.15, 0.2) is 0 Å². The smallest absolute Gasteiger partial charge is 0.376 e. The molecule has 3 N–H and O–H groups in total. The first-order valence-corrected chi connectivity index (χ1v) is 5.49. The highest BCUT2D eigenvalue weighted by Gasteiger charge is 2.28. The molecule has 5 nitrogen and oxygen atoms in total. The second-order valence-electron chi connectivity index (χ2n) is 3.98. The Morgan fingerprint density at radius 2 is 2.11 bits per heavy atom. The average molecular weight is 262 g/mol. The lowest BCUT2D eigenvalue weighted by Gasteiger charge is -2.19. The summed E-state index contributed by atoms with van der Waals surface area (Å²) in [6.45, 7) is 0.834. The molecule has 0 unspecified atom stereocenters. The number of rotatable bonds is 3. The van der Waals surface area contributed by atoms with Gasteiger partial charge >= 0.3 is 6.18 Å². The Bertz CT molecular complexity index is 419. The van der Waals surface area contributed by atoms with Crippen LogP contribution in [-0.2, 0) is 24.2 Å². The summed E-state index contributed by atoms with van der Waals surface area (Å²) in [5.41, 5.74) is 3.81. The van der Waals surface area contributed by atoms with Crippen molar-refractivity contribution in [2.24, 2.45) is 5.84 Å². The molecular weight excluding hydrogens is 249 g/mol. The molecule has 0 atom stereocenters. The fourth-order valence-electron chi connectivity index (χ4n) is 1.77. The Morgan fingerprint density at radius 1 is 1.33 bits per heavy atom. The van der Waals surface area contributed by atoms with Crippen LogP contribution < -0.4 is 11.3 Å². The molecule has 8 heteroatoms. The highest BCUT2D eigenvalue weighted by molar-refractivity contribution is 5.46. The van der Waals surface area contributed by atoms with Gasteiger partial charge in [0.1, 0.15) is 11.6 Å².